The third-order valence-electron chi connectivity index (χ3n) is 5.17. The largest absolute Gasteiger partial charge is 0.339 e. The molecule has 0 saturated carbocycles. The number of carbonyl (C=O) groups excluding carboxylic acids is 1. The van der Waals surface area contributed by atoms with Crippen LogP contribution >= 0.6 is 0 Å². The fourth-order valence-electron chi connectivity index (χ4n) is 3.57. The summed E-state index contributed by atoms with van der Waals surface area (Å²) in [7, 11) is 0. The average Bonchev–Trinajstić information content (AvgIpc) is 3.10. The molecule has 0 aliphatic carbocycles. The van der Waals surface area contributed by atoms with Gasteiger partial charge in [0.2, 0.25) is 5.91 Å². The lowest BCUT2D eigenvalue weighted by atomic mass is 10.0. The first-order valence-electron chi connectivity index (χ1n) is 9.53. The zero-order valence-corrected chi connectivity index (χ0v) is 16.9. The number of rotatable bonds is 4. The summed E-state index contributed by atoms with van der Waals surface area (Å²) < 4.78 is 42.3. The number of halogens is 3. The van der Waals surface area contributed by atoms with E-state index in [-0.39, 0.29) is 12.5 Å². The van der Waals surface area contributed by atoms with Crippen molar-refractivity contribution < 1.29 is 18.0 Å². The number of aromatic nitrogens is 2. The molecule has 2 aromatic carbocycles. The summed E-state index contributed by atoms with van der Waals surface area (Å²) in [5, 5.41) is 3.08. The molecule has 1 amide bonds. The van der Waals surface area contributed by atoms with Crippen molar-refractivity contribution in [1.29, 1.82) is 0 Å². The van der Waals surface area contributed by atoms with Crippen LogP contribution in [-0.4, -0.2) is 26.9 Å². The number of hydrogen-bond donors (Lipinski definition) is 2. The summed E-state index contributed by atoms with van der Waals surface area (Å²) in [6.45, 7) is 3.47. The molecule has 0 radical (unpaired) electrons. The Labute approximate surface area is 176 Å². The summed E-state index contributed by atoms with van der Waals surface area (Å²) >= 11 is 0. The van der Waals surface area contributed by atoms with E-state index in [1.807, 2.05) is 13.8 Å². The highest BCUT2D eigenvalue weighted by atomic mass is 19.2. The number of amides is 1. The standard InChI is InChI=1S/C22H20F3N5O/c1-22(2)21-28-19(13-3-5-14(23)6-4-13)20(27-15-7-8-16(24)17(25)11-15)29(21)9-10-30(22)18(31)12-26/h3-11,27H,12,26H2,1-2H3. The Morgan fingerprint density at radius 2 is 1.77 bits per heavy atom. The minimum absolute atomic E-state index is 0.167. The van der Waals surface area contributed by atoms with Crippen molar-refractivity contribution in [2.24, 2.45) is 5.73 Å². The van der Waals surface area contributed by atoms with Crippen LogP contribution in [0.5, 0.6) is 0 Å². The first-order chi connectivity index (χ1) is 14.7. The van der Waals surface area contributed by atoms with Crippen molar-refractivity contribution in [2.45, 2.75) is 19.4 Å². The van der Waals surface area contributed by atoms with E-state index in [1.54, 1.807) is 29.1 Å². The van der Waals surface area contributed by atoms with Crippen LogP contribution < -0.4 is 11.1 Å². The quantitative estimate of drug-likeness (QED) is 0.655. The van der Waals surface area contributed by atoms with Crippen molar-refractivity contribution in [3.8, 4) is 11.3 Å². The van der Waals surface area contributed by atoms with E-state index in [9.17, 15) is 18.0 Å². The van der Waals surface area contributed by atoms with Crippen LogP contribution in [0.3, 0.4) is 0 Å². The summed E-state index contributed by atoms with van der Waals surface area (Å²) in [5.74, 6) is -1.67. The molecule has 160 valence electrons. The highest BCUT2D eigenvalue weighted by molar-refractivity contribution is 5.83. The molecular formula is C22H20F3N5O. The fraction of sp³-hybridized carbons (Fsp3) is 0.182. The van der Waals surface area contributed by atoms with Gasteiger partial charge in [0.25, 0.3) is 0 Å². The summed E-state index contributed by atoms with van der Waals surface area (Å²) in [5.41, 5.74) is 6.06. The highest BCUT2D eigenvalue weighted by Gasteiger charge is 2.39. The molecule has 31 heavy (non-hydrogen) atoms. The number of imidazole rings is 1. The molecule has 4 rings (SSSR count). The van der Waals surface area contributed by atoms with Crippen LogP contribution in [0.15, 0.2) is 48.7 Å². The number of anilines is 2. The lowest BCUT2D eigenvalue weighted by molar-refractivity contribution is -0.132. The van der Waals surface area contributed by atoms with E-state index in [0.29, 0.717) is 28.6 Å². The monoisotopic (exact) mass is 427 g/mol. The Bertz CT molecular complexity index is 1180. The van der Waals surface area contributed by atoms with Crippen molar-refractivity contribution in [3.05, 3.63) is 71.9 Å². The average molecular weight is 427 g/mol. The molecule has 3 N–H and O–H groups in total. The Morgan fingerprint density at radius 1 is 1.06 bits per heavy atom. The van der Waals surface area contributed by atoms with Crippen molar-refractivity contribution in [3.63, 3.8) is 0 Å². The van der Waals surface area contributed by atoms with E-state index in [0.717, 1.165) is 12.1 Å². The van der Waals surface area contributed by atoms with Crippen molar-refractivity contribution >= 4 is 23.6 Å². The van der Waals surface area contributed by atoms with E-state index in [4.69, 9.17) is 10.7 Å². The maximum Gasteiger partial charge on any atom is 0.241 e. The summed E-state index contributed by atoms with van der Waals surface area (Å²) in [6.07, 6.45) is 3.23. The molecule has 0 saturated heterocycles. The Balaban J connectivity index is 1.88. The summed E-state index contributed by atoms with van der Waals surface area (Å²) in [4.78, 5) is 18.6. The van der Waals surface area contributed by atoms with Crippen LogP contribution in [0.4, 0.5) is 24.7 Å². The normalized spacial score (nSPS) is 14.5. The van der Waals surface area contributed by atoms with E-state index < -0.39 is 23.0 Å². The zero-order chi connectivity index (χ0) is 22.3. The van der Waals surface area contributed by atoms with Crippen LogP contribution in [0.1, 0.15) is 19.7 Å². The van der Waals surface area contributed by atoms with Gasteiger partial charge in [-0.3, -0.25) is 9.36 Å². The highest BCUT2D eigenvalue weighted by Crippen LogP contribution is 2.39. The molecule has 9 heteroatoms. The molecule has 6 nitrogen and oxygen atoms in total. The molecule has 1 aliphatic rings. The van der Waals surface area contributed by atoms with Crippen LogP contribution in [0.25, 0.3) is 17.5 Å². The minimum Gasteiger partial charge on any atom is -0.339 e. The van der Waals surface area contributed by atoms with Gasteiger partial charge >= 0.3 is 0 Å². The van der Waals surface area contributed by atoms with Gasteiger partial charge < -0.3 is 16.0 Å². The second kappa shape index (κ2) is 7.59. The third kappa shape index (κ3) is 3.57. The SMILES string of the molecule is CC1(C)c2nc(-c3ccc(F)cc3)c(Nc3ccc(F)c(F)c3)n2C=CN1C(=O)CN. The molecule has 0 bridgehead atoms. The number of hydrogen-bond acceptors (Lipinski definition) is 4. The number of fused-ring (bicyclic) bond motifs is 1. The van der Waals surface area contributed by atoms with E-state index in [2.05, 4.69) is 5.32 Å². The number of nitrogens with one attached hydrogen (secondary N) is 1. The summed E-state index contributed by atoms with van der Waals surface area (Å²) in [6, 6.07) is 9.20. The first-order valence-corrected chi connectivity index (χ1v) is 9.53. The Morgan fingerprint density at radius 3 is 2.42 bits per heavy atom. The fourth-order valence-corrected chi connectivity index (χ4v) is 3.57. The van der Waals surface area contributed by atoms with Gasteiger partial charge in [0.05, 0.1) is 6.54 Å². The molecule has 2 heterocycles. The molecule has 1 aliphatic heterocycles. The third-order valence-corrected chi connectivity index (χ3v) is 5.17. The number of carbonyl (C=O) groups is 1. The first kappa shape index (κ1) is 20.7. The molecular weight excluding hydrogens is 407 g/mol. The van der Waals surface area contributed by atoms with Gasteiger partial charge in [-0.05, 0) is 50.2 Å². The lowest BCUT2D eigenvalue weighted by Gasteiger charge is -2.38. The second-order valence-electron chi connectivity index (χ2n) is 7.59. The molecule has 3 aromatic rings. The van der Waals surface area contributed by atoms with Gasteiger partial charge in [0.1, 0.15) is 28.7 Å². The maximum absolute atomic E-state index is 13.8. The topological polar surface area (TPSA) is 76.2 Å². The van der Waals surface area contributed by atoms with E-state index >= 15 is 0 Å². The maximum atomic E-state index is 13.8. The van der Waals surface area contributed by atoms with Crippen molar-refractivity contribution in [2.75, 3.05) is 11.9 Å². The van der Waals surface area contributed by atoms with Crippen molar-refractivity contribution in [1.82, 2.24) is 14.5 Å². The molecule has 0 fully saturated rings. The predicted molar refractivity (Wildman–Crippen MR) is 112 cm³/mol. The van der Waals surface area contributed by atoms with Crippen LogP contribution in [0, 0.1) is 17.5 Å². The number of nitrogens with zero attached hydrogens (tertiary/aromatic N) is 3. The van der Waals surface area contributed by atoms with Gasteiger partial charge in [-0.2, -0.15) is 0 Å². The van der Waals surface area contributed by atoms with Gasteiger partial charge in [-0.1, -0.05) is 0 Å². The van der Waals surface area contributed by atoms with Gasteiger partial charge in [-0.15, -0.1) is 0 Å². The second-order valence-corrected chi connectivity index (χ2v) is 7.59. The zero-order valence-electron chi connectivity index (χ0n) is 16.9. The Hall–Kier alpha value is -3.59. The van der Waals surface area contributed by atoms with Crippen LogP contribution in [0.2, 0.25) is 0 Å². The molecule has 1 aromatic heterocycles. The van der Waals surface area contributed by atoms with Gasteiger partial charge in [0, 0.05) is 29.7 Å². The van der Waals surface area contributed by atoms with Gasteiger partial charge in [0.15, 0.2) is 11.6 Å². The smallest absolute Gasteiger partial charge is 0.241 e. The lowest BCUT2D eigenvalue weighted by Crippen LogP contribution is -2.47. The van der Waals surface area contributed by atoms with E-state index in [1.165, 1.54) is 23.1 Å². The number of nitrogens with two attached hydrogens (primary N) is 1. The predicted octanol–water partition coefficient (Wildman–Crippen LogP) is 4.18. The van der Waals surface area contributed by atoms with Gasteiger partial charge in [-0.25, -0.2) is 18.2 Å². The number of benzene rings is 2. The molecule has 0 unspecified atom stereocenters. The molecule has 0 atom stereocenters. The minimum atomic E-state index is -0.998. The Kier molecular flexibility index (Phi) is 5.06. The van der Waals surface area contributed by atoms with Crippen LogP contribution in [-0.2, 0) is 10.3 Å². The molecule has 0 spiro atoms.